The Kier molecular flexibility index (Phi) is 5.59. The van der Waals surface area contributed by atoms with Crippen molar-refractivity contribution < 1.29 is 9.53 Å². The zero-order valence-electron chi connectivity index (χ0n) is 12.1. The first kappa shape index (κ1) is 14.9. The van der Waals surface area contributed by atoms with Crippen molar-refractivity contribution in [2.45, 2.75) is 13.5 Å². The molecule has 0 unspecified atom stereocenters. The quantitative estimate of drug-likeness (QED) is 0.817. The monoisotopic (exact) mass is 281 g/mol. The molecule has 0 amide bonds. The number of carbonyl (C=O) groups excluding carboxylic acids is 1. The number of hydrogen-bond acceptors (Lipinski definition) is 3. The SMILES string of the molecule is CC(=O)OCc1cccc(/C=C/CNc2ccccc2)c1. The molecule has 0 aliphatic carbocycles. The van der Waals surface area contributed by atoms with Crippen LogP contribution in [0.1, 0.15) is 18.1 Å². The van der Waals surface area contributed by atoms with Gasteiger partial charge in [-0.2, -0.15) is 0 Å². The number of benzene rings is 2. The van der Waals surface area contributed by atoms with Gasteiger partial charge in [0, 0.05) is 19.2 Å². The molecule has 3 heteroatoms. The molecule has 0 saturated heterocycles. The number of esters is 1. The molecule has 0 aliphatic heterocycles. The largest absolute Gasteiger partial charge is 0.461 e. The summed E-state index contributed by atoms with van der Waals surface area (Å²) >= 11 is 0. The lowest BCUT2D eigenvalue weighted by molar-refractivity contribution is -0.142. The lowest BCUT2D eigenvalue weighted by atomic mass is 10.1. The maximum atomic E-state index is 10.8. The van der Waals surface area contributed by atoms with E-state index in [9.17, 15) is 4.79 Å². The third-order valence-corrected chi connectivity index (χ3v) is 2.90. The van der Waals surface area contributed by atoms with Gasteiger partial charge in [-0.3, -0.25) is 4.79 Å². The summed E-state index contributed by atoms with van der Waals surface area (Å²) in [6, 6.07) is 18.0. The standard InChI is InChI=1S/C18H19NO2/c1-15(20)21-14-17-8-5-7-16(13-17)9-6-12-19-18-10-3-2-4-11-18/h2-11,13,19H,12,14H2,1H3/b9-6+. The highest BCUT2D eigenvalue weighted by Crippen LogP contribution is 2.09. The van der Waals surface area contributed by atoms with Crippen LogP contribution in [-0.2, 0) is 16.1 Å². The molecule has 21 heavy (non-hydrogen) atoms. The van der Waals surface area contributed by atoms with E-state index in [0.717, 1.165) is 23.4 Å². The minimum absolute atomic E-state index is 0.261. The summed E-state index contributed by atoms with van der Waals surface area (Å²) in [7, 11) is 0. The van der Waals surface area contributed by atoms with Gasteiger partial charge in [0.25, 0.3) is 0 Å². The van der Waals surface area contributed by atoms with Crippen LogP contribution in [-0.4, -0.2) is 12.5 Å². The minimum Gasteiger partial charge on any atom is -0.461 e. The molecule has 0 atom stereocenters. The fourth-order valence-electron chi connectivity index (χ4n) is 1.90. The van der Waals surface area contributed by atoms with E-state index in [0.29, 0.717) is 6.61 Å². The van der Waals surface area contributed by atoms with Gasteiger partial charge in [-0.15, -0.1) is 0 Å². The Balaban J connectivity index is 1.85. The molecule has 108 valence electrons. The molecular weight excluding hydrogens is 262 g/mol. The van der Waals surface area contributed by atoms with Gasteiger partial charge >= 0.3 is 5.97 Å². The zero-order chi connectivity index (χ0) is 14.9. The van der Waals surface area contributed by atoms with E-state index in [1.165, 1.54) is 6.92 Å². The molecule has 0 saturated carbocycles. The molecular formula is C18H19NO2. The van der Waals surface area contributed by atoms with E-state index < -0.39 is 0 Å². The molecule has 2 aromatic rings. The van der Waals surface area contributed by atoms with Crippen molar-refractivity contribution in [3.8, 4) is 0 Å². The van der Waals surface area contributed by atoms with Crippen LogP contribution in [0.5, 0.6) is 0 Å². The highest BCUT2D eigenvalue weighted by Gasteiger charge is 1.96. The average Bonchev–Trinajstić information content (AvgIpc) is 2.51. The van der Waals surface area contributed by atoms with Gasteiger partial charge in [0.2, 0.25) is 0 Å². The highest BCUT2D eigenvalue weighted by molar-refractivity contribution is 5.66. The molecule has 2 rings (SSSR count). The maximum absolute atomic E-state index is 10.8. The summed E-state index contributed by atoms with van der Waals surface area (Å²) in [6.07, 6.45) is 4.12. The summed E-state index contributed by atoms with van der Waals surface area (Å²) in [5.41, 5.74) is 3.18. The zero-order valence-corrected chi connectivity index (χ0v) is 12.1. The molecule has 0 spiro atoms. The molecule has 1 N–H and O–H groups in total. The lowest BCUT2D eigenvalue weighted by Crippen LogP contribution is -1.99. The van der Waals surface area contributed by atoms with Gasteiger partial charge in [-0.05, 0) is 29.3 Å². The summed E-state index contributed by atoms with van der Waals surface area (Å²) in [4.78, 5) is 10.8. The Labute approximate surface area is 125 Å². The molecule has 3 nitrogen and oxygen atoms in total. The highest BCUT2D eigenvalue weighted by atomic mass is 16.5. The predicted octanol–water partition coefficient (Wildman–Crippen LogP) is 3.88. The van der Waals surface area contributed by atoms with Crippen molar-refractivity contribution in [2.24, 2.45) is 0 Å². The topological polar surface area (TPSA) is 38.3 Å². The second-order valence-electron chi connectivity index (χ2n) is 4.67. The molecule has 0 radical (unpaired) electrons. The average molecular weight is 281 g/mol. The van der Waals surface area contributed by atoms with Crippen molar-refractivity contribution in [1.82, 2.24) is 0 Å². The number of anilines is 1. The van der Waals surface area contributed by atoms with Gasteiger partial charge in [-0.1, -0.05) is 48.6 Å². The summed E-state index contributed by atoms with van der Waals surface area (Å²) in [5, 5.41) is 3.31. The predicted molar refractivity (Wildman–Crippen MR) is 85.9 cm³/mol. The second kappa shape index (κ2) is 7.90. The normalized spacial score (nSPS) is 10.5. The van der Waals surface area contributed by atoms with Crippen LogP contribution >= 0.6 is 0 Å². The maximum Gasteiger partial charge on any atom is 0.302 e. The fourth-order valence-corrected chi connectivity index (χ4v) is 1.90. The number of ether oxygens (including phenoxy) is 1. The molecule has 0 fully saturated rings. The van der Waals surface area contributed by atoms with Crippen LogP contribution in [0.2, 0.25) is 0 Å². The van der Waals surface area contributed by atoms with Crippen LogP contribution < -0.4 is 5.32 Å². The van der Waals surface area contributed by atoms with Crippen molar-refractivity contribution in [2.75, 3.05) is 11.9 Å². The van der Waals surface area contributed by atoms with Crippen LogP contribution in [0.4, 0.5) is 5.69 Å². The summed E-state index contributed by atoms with van der Waals surface area (Å²) < 4.78 is 4.99. The first-order chi connectivity index (χ1) is 10.2. The Morgan fingerprint density at radius 1 is 1.14 bits per heavy atom. The fraction of sp³-hybridized carbons (Fsp3) is 0.167. The van der Waals surface area contributed by atoms with Crippen LogP contribution in [0, 0.1) is 0 Å². The number of nitrogens with one attached hydrogen (secondary N) is 1. The second-order valence-corrected chi connectivity index (χ2v) is 4.67. The van der Waals surface area contributed by atoms with Gasteiger partial charge in [0.15, 0.2) is 0 Å². The third-order valence-electron chi connectivity index (χ3n) is 2.90. The Morgan fingerprint density at radius 2 is 1.95 bits per heavy atom. The summed E-state index contributed by atoms with van der Waals surface area (Å²) in [5.74, 6) is -0.261. The molecule has 0 aromatic heterocycles. The van der Waals surface area contributed by atoms with Crippen LogP contribution in [0.3, 0.4) is 0 Å². The molecule has 2 aromatic carbocycles. The van der Waals surface area contributed by atoms with Crippen molar-refractivity contribution in [3.63, 3.8) is 0 Å². The number of hydrogen-bond donors (Lipinski definition) is 1. The lowest BCUT2D eigenvalue weighted by Gasteiger charge is -2.04. The van der Waals surface area contributed by atoms with Crippen molar-refractivity contribution in [1.29, 1.82) is 0 Å². The Bertz CT molecular complexity index is 606. The first-order valence-corrected chi connectivity index (χ1v) is 6.92. The van der Waals surface area contributed by atoms with Gasteiger partial charge in [0.05, 0.1) is 0 Å². The molecule has 0 heterocycles. The van der Waals surface area contributed by atoms with E-state index in [2.05, 4.69) is 11.4 Å². The molecule has 0 bridgehead atoms. The summed E-state index contributed by atoms with van der Waals surface area (Å²) in [6.45, 7) is 2.50. The van der Waals surface area contributed by atoms with Gasteiger partial charge < -0.3 is 10.1 Å². The van der Waals surface area contributed by atoms with E-state index in [1.54, 1.807) is 0 Å². The van der Waals surface area contributed by atoms with Crippen molar-refractivity contribution in [3.05, 3.63) is 71.8 Å². The number of carbonyl (C=O) groups is 1. The van der Waals surface area contributed by atoms with Gasteiger partial charge in [-0.25, -0.2) is 0 Å². The first-order valence-electron chi connectivity index (χ1n) is 6.92. The van der Waals surface area contributed by atoms with E-state index >= 15 is 0 Å². The Morgan fingerprint density at radius 3 is 2.71 bits per heavy atom. The van der Waals surface area contributed by atoms with Gasteiger partial charge in [0.1, 0.15) is 6.61 Å². The minimum atomic E-state index is -0.261. The van der Waals surface area contributed by atoms with E-state index in [1.807, 2.05) is 60.7 Å². The molecule has 0 aliphatic rings. The van der Waals surface area contributed by atoms with Crippen LogP contribution in [0.25, 0.3) is 6.08 Å². The smallest absolute Gasteiger partial charge is 0.302 e. The number of para-hydroxylation sites is 1. The number of rotatable bonds is 6. The van der Waals surface area contributed by atoms with E-state index in [-0.39, 0.29) is 5.97 Å². The third kappa shape index (κ3) is 5.53. The Hall–Kier alpha value is -2.55. The van der Waals surface area contributed by atoms with Crippen LogP contribution in [0.15, 0.2) is 60.7 Å². The van der Waals surface area contributed by atoms with E-state index in [4.69, 9.17) is 4.74 Å². The van der Waals surface area contributed by atoms with Crippen molar-refractivity contribution >= 4 is 17.7 Å².